The van der Waals surface area contributed by atoms with Gasteiger partial charge in [-0.3, -0.25) is 0 Å². The molecular weight excluding hydrogens is 398 g/mol. The lowest BCUT2D eigenvalue weighted by Crippen LogP contribution is -2.15. The van der Waals surface area contributed by atoms with Gasteiger partial charge in [-0.1, -0.05) is 114 Å². The minimum Gasteiger partial charge on any atom is -0.203 e. The molecule has 3 rings (SSSR count). The Bertz CT molecular complexity index is 800. The van der Waals surface area contributed by atoms with Crippen LogP contribution in [0.3, 0.4) is 0 Å². The number of aryl methyl sites for hydroxylation is 2. The number of hydrogen-bond donors (Lipinski definition) is 0. The molecule has 1 saturated carbocycles. The molecule has 0 aliphatic heterocycles. The summed E-state index contributed by atoms with van der Waals surface area (Å²) in [6.45, 7) is 4.49. The average molecular weight is 441 g/mol. The van der Waals surface area contributed by atoms with Crippen LogP contribution in [0.5, 0.6) is 0 Å². The Morgan fingerprint density at radius 1 is 0.656 bits per heavy atom. The highest BCUT2D eigenvalue weighted by molar-refractivity contribution is 5.65. The molecule has 0 amide bonds. The third-order valence-corrected chi connectivity index (χ3v) is 7.48. The molecule has 0 nitrogen and oxygen atoms in total. The Morgan fingerprint density at radius 3 is 1.97 bits per heavy atom. The van der Waals surface area contributed by atoms with Gasteiger partial charge in [0.05, 0.1) is 0 Å². The molecule has 1 fully saturated rings. The van der Waals surface area contributed by atoms with Crippen LogP contribution in [-0.4, -0.2) is 0 Å². The fourth-order valence-electron chi connectivity index (χ4n) is 5.37. The molecule has 1 aliphatic rings. The van der Waals surface area contributed by atoms with Crippen molar-refractivity contribution < 1.29 is 8.78 Å². The average Bonchev–Trinajstić information content (AvgIpc) is 2.82. The Kier molecular flexibility index (Phi) is 10.2. The molecule has 0 unspecified atom stereocenters. The van der Waals surface area contributed by atoms with Crippen molar-refractivity contribution in [2.24, 2.45) is 11.8 Å². The topological polar surface area (TPSA) is 0 Å². The van der Waals surface area contributed by atoms with E-state index >= 15 is 0 Å². The Morgan fingerprint density at radius 2 is 1.31 bits per heavy atom. The lowest BCUT2D eigenvalue weighted by Gasteiger charge is -2.28. The number of rotatable bonds is 12. The maximum absolute atomic E-state index is 14.9. The zero-order chi connectivity index (χ0) is 22.8. The van der Waals surface area contributed by atoms with E-state index in [-0.39, 0.29) is 0 Å². The summed E-state index contributed by atoms with van der Waals surface area (Å²) in [4.78, 5) is 0. The summed E-state index contributed by atoms with van der Waals surface area (Å²) in [5.74, 6) is 0.209. The number of benzene rings is 2. The van der Waals surface area contributed by atoms with E-state index in [1.807, 2.05) is 12.1 Å². The van der Waals surface area contributed by atoms with E-state index in [9.17, 15) is 8.78 Å². The molecule has 0 aromatic heterocycles. The molecule has 2 heteroatoms. The molecule has 0 radical (unpaired) electrons. The van der Waals surface area contributed by atoms with Crippen LogP contribution in [0.1, 0.15) is 102 Å². The summed E-state index contributed by atoms with van der Waals surface area (Å²) >= 11 is 0. The third kappa shape index (κ3) is 7.15. The third-order valence-electron chi connectivity index (χ3n) is 7.48. The SMILES string of the molecule is CCCCCCCc1ccc(-c2ccc(CC[C@H]3CC[C@H](CCC)CC3)c(F)c2F)cc1. The summed E-state index contributed by atoms with van der Waals surface area (Å²) in [5.41, 5.74) is 2.94. The second kappa shape index (κ2) is 13.1. The largest absolute Gasteiger partial charge is 0.203 e. The molecule has 0 N–H and O–H groups in total. The van der Waals surface area contributed by atoms with Crippen molar-refractivity contribution in [3.05, 3.63) is 59.2 Å². The van der Waals surface area contributed by atoms with Gasteiger partial charge < -0.3 is 0 Å². The zero-order valence-corrected chi connectivity index (χ0v) is 20.3. The first kappa shape index (κ1) is 24.9. The summed E-state index contributed by atoms with van der Waals surface area (Å²) in [7, 11) is 0. The first-order valence-electron chi connectivity index (χ1n) is 13.2. The van der Waals surface area contributed by atoms with Crippen LogP contribution in [0.4, 0.5) is 8.78 Å². The van der Waals surface area contributed by atoms with Gasteiger partial charge in [-0.25, -0.2) is 8.78 Å². The van der Waals surface area contributed by atoms with Gasteiger partial charge in [-0.05, 0) is 54.2 Å². The summed E-state index contributed by atoms with van der Waals surface area (Å²) in [6, 6.07) is 11.6. The van der Waals surface area contributed by atoms with Gasteiger partial charge in [0.15, 0.2) is 11.6 Å². The van der Waals surface area contributed by atoms with Crippen LogP contribution in [0.25, 0.3) is 11.1 Å². The van der Waals surface area contributed by atoms with E-state index in [2.05, 4.69) is 26.0 Å². The maximum atomic E-state index is 14.9. The summed E-state index contributed by atoms with van der Waals surface area (Å²) < 4.78 is 29.7. The fraction of sp³-hybridized carbons (Fsp3) is 0.600. The van der Waals surface area contributed by atoms with Gasteiger partial charge in [0, 0.05) is 5.56 Å². The van der Waals surface area contributed by atoms with Crippen LogP contribution >= 0.6 is 0 Å². The van der Waals surface area contributed by atoms with Crippen molar-refractivity contribution in [2.75, 3.05) is 0 Å². The Labute approximate surface area is 194 Å². The van der Waals surface area contributed by atoms with E-state index in [1.165, 1.54) is 76.2 Å². The second-order valence-corrected chi connectivity index (χ2v) is 9.98. The predicted molar refractivity (Wildman–Crippen MR) is 133 cm³/mol. The highest BCUT2D eigenvalue weighted by Gasteiger charge is 2.21. The predicted octanol–water partition coefficient (Wildman–Crippen LogP) is 9.68. The van der Waals surface area contributed by atoms with Crippen LogP contribution in [0.2, 0.25) is 0 Å². The van der Waals surface area contributed by atoms with Crippen molar-refractivity contribution in [1.29, 1.82) is 0 Å². The van der Waals surface area contributed by atoms with Gasteiger partial charge in [-0.15, -0.1) is 0 Å². The summed E-state index contributed by atoms with van der Waals surface area (Å²) in [5, 5.41) is 0. The van der Waals surface area contributed by atoms with Crippen LogP contribution in [-0.2, 0) is 12.8 Å². The van der Waals surface area contributed by atoms with Crippen molar-refractivity contribution >= 4 is 0 Å². The van der Waals surface area contributed by atoms with Crippen LogP contribution in [0.15, 0.2) is 36.4 Å². The van der Waals surface area contributed by atoms with Crippen LogP contribution in [0, 0.1) is 23.5 Å². The fourth-order valence-corrected chi connectivity index (χ4v) is 5.37. The Balaban J connectivity index is 1.54. The summed E-state index contributed by atoms with van der Waals surface area (Å²) in [6.07, 6.45) is 16.7. The quantitative estimate of drug-likeness (QED) is 0.288. The molecule has 2 aromatic rings. The van der Waals surface area contributed by atoms with Gasteiger partial charge in [0.25, 0.3) is 0 Å². The van der Waals surface area contributed by atoms with Crippen molar-refractivity contribution in [2.45, 2.75) is 104 Å². The molecule has 0 atom stereocenters. The van der Waals surface area contributed by atoms with Gasteiger partial charge in [-0.2, -0.15) is 0 Å². The van der Waals surface area contributed by atoms with Crippen LogP contribution < -0.4 is 0 Å². The maximum Gasteiger partial charge on any atom is 0.166 e. The molecule has 0 saturated heterocycles. The van der Waals surface area contributed by atoms with Gasteiger partial charge in [0.2, 0.25) is 0 Å². The lowest BCUT2D eigenvalue weighted by molar-refractivity contribution is 0.251. The number of halogens is 2. The van der Waals surface area contributed by atoms with Crippen molar-refractivity contribution in [3.63, 3.8) is 0 Å². The van der Waals surface area contributed by atoms with E-state index in [4.69, 9.17) is 0 Å². The standard InChI is InChI=1S/C30H42F2/c1-3-5-6-7-8-10-24-15-18-26(19-16-24)28-22-21-27(29(31)30(28)32)20-17-25-13-11-23(9-4-2)12-14-25/h15-16,18-19,21-23,25H,3-14,17,20H2,1-2H3/t23-,25-. The van der Waals surface area contributed by atoms with Gasteiger partial charge >= 0.3 is 0 Å². The van der Waals surface area contributed by atoms with Crippen molar-refractivity contribution in [1.82, 2.24) is 0 Å². The van der Waals surface area contributed by atoms with E-state index in [0.29, 0.717) is 23.5 Å². The Hall–Kier alpha value is -1.70. The lowest BCUT2D eigenvalue weighted by atomic mass is 9.78. The smallest absolute Gasteiger partial charge is 0.166 e. The molecule has 0 spiro atoms. The minimum absolute atomic E-state index is 0.376. The zero-order valence-electron chi connectivity index (χ0n) is 20.3. The molecule has 0 heterocycles. The second-order valence-electron chi connectivity index (χ2n) is 9.98. The number of hydrogen-bond acceptors (Lipinski definition) is 0. The molecule has 32 heavy (non-hydrogen) atoms. The molecule has 2 aromatic carbocycles. The monoisotopic (exact) mass is 440 g/mol. The first-order chi connectivity index (χ1) is 15.6. The normalized spacial score (nSPS) is 18.8. The van der Waals surface area contributed by atoms with E-state index in [0.717, 1.165) is 24.3 Å². The van der Waals surface area contributed by atoms with Crippen molar-refractivity contribution in [3.8, 4) is 11.1 Å². The van der Waals surface area contributed by atoms with Gasteiger partial charge in [0.1, 0.15) is 0 Å². The molecular formula is C30H42F2. The highest BCUT2D eigenvalue weighted by atomic mass is 19.2. The van der Waals surface area contributed by atoms with E-state index < -0.39 is 11.6 Å². The first-order valence-corrected chi connectivity index (χ1v) is 13.2. The van der Waals surface area contributed by atoms with E-state index in [1.54, 1.807) is 12.1 Å². The minimum atomic E-state index is -0.693. The molecule has 1 aliphatic carbocycles. The highest BCUT2D eigenvalue weighted by Crippen LogP contribution is 2.34. The number of unbranched alkanes of at least 4 members (excludes halogenated alkanes) is 4. The molecule has 0 bridgehead atoms. The molecule has 176 valence electrons.